The minimum atomic E-state index is -0.396. The molecule has 0 bridgehead atoms. The molecule has 3 rings (SSSR count). The van der Waals surface area contributed by atoms with Gasteiger partial charge in [0.05, 0.1) is 12.0 Å². The molecule has 2 aliphatic rings. The lowest BCUT2D eigenvalue weighted by Gasteiger charge is -2.34. The van der Waals surface area contributed by atoms with Crippen molar-refractivity contribution in [1.29, 1.82) is 0 Å². The zero-order chi connectivity index (χ0) is 16.4. The van der Waals surface area contributed by atoms with Gasteiger partial charge in [-0.1, -0.05) is 17.7 Å². The Kier molecular flexibility index (Phi) is 4.66. The number of likely N-dealkylation sites (tertiary alicyclic amines) is 2. The van der Waals surface area contributed by atoms with E-state index in [-0.39, 0.29) is 17.7 Å². The average molecular weight is 316 g/mol. The number of nitrogens with zero attached hydrogens (tertiary/aromatic N) is 2. The van der Waals surface area contributed by atoms with Gasteiger partial charge in [-0.05, 0) is 38.3 Å². The second-order valence-electron chi connectivity index (χ2n) is 6.68. The summed E-state index contributed by atoms with van der Waals surface area (Å²) in [4.78, 5) is 28.7. The van der Waals surface area contributed by atoms with E-state index in [2.05, 4.69) is 0 Å². The van der Waals surface area contributed by atoms with Gasteiger partial charge >= 0.3 is 0 Å². The molecular formula is C18H24N2O3. The van der Waals surface area contributed by atoms with E-state index >= 15 is 0 Å². The topological polar surface area (TPSA) is 60.9 Å². The maximum Gasteiger partial charge on any atom is 0.253 e. The SMILES string of the molecule is Cc1ccc(C(=O)N2CCCC(C(=O)N3CC[C@@H](O)C3)C2)cc1. The Labute approximate surface area is 136 Å². The third-order valence-corrected chi connectivity index (χ3v) is 4.83. The number of hydrogen-bond donors (Lipinski definition) is 1. The number of aliphatic hydroxyl groups excluding tert-OH is 1. The van der Waals surface area contributed by atoms with Crippen LogP contribution in [0.5, 0.6) is 0 Å². The van der Waals surface area contributed by atoms with Crippen LogP contribution in [0, 0.1) is 12.8 Å². The molecule has 1 N–H and O–H groups in total. The third kappa shape index (κ3) is 3.55. The minimum Gasteiger partial charge on any atom is -0.391 e. The van der Waals surface area contributed by atoms with Crippen molar-refractivity contribution in [1.82, 2.24) is 9.80 Å². The molecule has 0 radical (unpaired) electrons. The van der Waals surface area contributed by atoms with Gasteiger partial charge in [0.2, 0.25) is 5.91 Å². The van der Waals surface area contributed by atoms with E-state index in [1.165, 1.54) is 0 Å². The number of β-amino-alcohol motifs (C(OH)–C–C–N with tert-alkyl or cyclic N) is 1. The predicted molar refractivity (Wildman–Crippen MR) is 87.0 cm³/mol. The quantitative estimate of drug-likeness (QED) is 0.898. The first-order valence-electron chi connectivity index (χ1n) is 8.37. The van der Waals surface area contributed by atoms with E-state index < -0.39 is 6.10 Å². The van der Waals surface area contributed by atoms with Crippen molar-refractivity contribution >= 4 is 11.8 Å². The Bertz CT molecular complexity index is 584. The number of aliphatic hydroxyl groups is 1. The van der Waals surface area contributed by atoms with Crippen LogP contribution in [0.3, 0.4) is 0 Å². The molecule has 2 atom stereocenters. The van der Waals surface area contributed by atoms with Crippen molar-refractivity contribution < 1.29 is 14.7 Å². The highest BCUT2D eigenvalue weighted by molar-refractivity contribution is 5.94. The maximum atomic E-state index is 12.6. The largest absolute Gasteiger partial charge is 0.391 e. The molecule has 2 saturated heterocycles. The van der Waals surface area contributed by atoms with E-state index in [1.54, 1.807) is 9.80 Å². The molecule has 2 aliphatic heterocycles. The third-order valence-electron chi connectivity index (χ3n) is 4.83. The monoisotopic (exact) mass is 316 g/mol. The van der Waals surface area contributed by atoms with Crippen LogP contribution in [0.4, 0.5) is 0 Å². The summed E-state index contributed by atoms with van der Waals surface area (Å²) >= 11 is 0. The standard InChI is InChI=1S/C18H24N2O3/c1-13-4-6-14(7-5-13)17(22)19-9-2-3-15(11-19)18(23)20-10-8-16(21)12-20/h4-7,15-16,21H,2-3,8-12H2,1H3/t15?,16-/m1/s1. The van der Waals surface area contributed by atoms with Crippen molar-refractivity contribution in [2.75, 3.05) is 26.2 Å². The van der Waals surface area contributed by atoms with Gasteiger partial charge in [0.15, 0.2) is 0 Å². The summed E-state index contributed by atoms with van der Waals surface area (Å²) < 4.78 is 0. The first-order valence-corrected chi connectivity index (χ1v) is 8.37. The average Bonchev–Trinajstić information content (AvgIpc) is 3.01. The smallest absolute Gasteiger partial charge is 0.253 e. The molecule has 23 heavy (non-hydrogen) atoms. The number of piperidine rings is 1. The zero-order valence-electron chi connectivity index (χ0n) is 13.6. The van der Waals surface area contributed by atoms with Crippen molar-refractivity contribution in [3.8, 4) is 0 Å². The van der Waals surface area contributed by atoms with Gasteiger partial charge < -0.3 is 14.9 Å². The Morgan fingerprint density at radius 1 is 1.04 bits per heavy atom. The lowest BCUT2D eigenvalue weighted by atomic mass is 9.96. The van der Waals surface area contributed by atoms with Crippen molar-refractivity contribution in [2.24, 2.45) is 5.92 Å². The Balaban J connectivity index is 1.64. The van der Waals surface area contributed by atoms with Gasteiger partial charge in [0.25, 0.3) is 5.91 Å². The molecule has 0 saturated carbocycles. The lowest BCUT2D eigenvalue weighted by Crippen LogP contribution is -2.46. The predicted octanol–water partition coefficient (Wildman–Crippen LogP) is 1.44. The number of hydrogen-bond acceptors (Lipinski definition) is 3. The number of amides is 2. The molecule has 0 aliphatic carbocycles. The van der Waals surface area contributed by atoms with E-state index in [0.29, 0.717) is 38.2 Å². The fourth-order valence-electron chi connectivity index (χ4n) is 3.44. The van der Waals surface area contributed by atoms with Gasteiger partial charge in [-0.2, -0.15) is 0 Å². The van der Waals surface area contributed by atoms with E-state index in [0.717, 1.165) is 18.4 Å². The number of aryl methyl sites for hydroxylation is 1. The molecule has 5 nitrogen and oxygen atoms in total. The Hall–Kier alpha value is -1.88. The molecule has 0 aromatic heterocycles. The fourth-order valence-corrected chi connectivity index (χ4v) is 3.44. The number of carbonyl (C=O) groups is 2. The summed E-state index contributed by atoms with van der Waals surface area (Å²) in [5.74, 6) is -0.0460. The van der Waals surface area contributed by atoms with Crippen molar-refractivity contribution in [2.45, 2.75) is 32.3 Å². The van der Waals surface area contributed by atoms with Crippen LogP contribution < -0.4 is 0 Å². The Morgan fingerprint density at radius 3 is 2.43 bits per heavy atom. The van der Waals surface area contributed by atoms with Gasteiger partial charge in [-0.25, -0.2) is 0 Å². The fraction of sp³-hybridized carbons (Fsp3) is 0.556. The molecular weight excluding hydrogens is 292 g/mol. The molecule has 0 spiro atoms. The van der Waals surface area contributed by atoms with E-state index in [4.69, 9.17) is 0 Å². The molecule has 1 unspecified atom stereocenters. The first-order chi connectivity index (χ1) is 11.0. The lowest BCUT2D eigenvalue weighted by molar-refractivity contribution is -0.136. The minimum absolute atomic E-state index is 0.00366. The second kappa shape index (κ2) is 6.71. The second-order valence-corrected chi connectivity index (χ2v) is 6.68. The van der Waals surface area contributed by atoms with E-state index in [1.807, 2.05) is 31.2 Å². The van der Waals surface area contributed by atoms with Crippen LogP contribution in [0.25, 0.3) is 0 Å². The zero-order valence-corrected chi connectivity index (χ0v) is 13.6. The summed E-state index contributed by atoms with van der Waals surface area (Å²) in [6, 6.07) is 7.57. The number of carbonyl (C=O) groups excluding carboxylic acids is 2. The van der Waals surface area contributed by atoms with Gasteiger partial charge in [-0.15, -0.1) is 0 Å². The number of rotatable bonds is 2. The Morgan fingerprint density at radius 2 is 1.78 bits per heavy atom. The highest BCUT2D eigenvalue weighted by Crippen LogP contribution is 2.23. The maximum absolute atomic E-state index is 12.6. The van der Waals surface area contributed by atoms with Crippen LogP contribution in [-0.2, 0) is 4.79 Å². The van der Waals surface area contributed by atoms with Crippen LogP contribution in [0.2, 0.25) is 0 Å². The van der Waals surface area contributed by atoms with Gasteiger partial charge in [-0.3, -0.25) is 9.59 Å². The summed E-state index contributed by atoms with van der Waals surface area (Å²) in [7, 11) is 0. The molecule has 1 aromatic carbocycles. The highest BCUT2D eigenvalue weighted by atomic mass is 16.3. The van der Waals surface area contributed by atoms with Crippen molar-refractivity contribution in [3.05, 3.63) is 35.4 Å². The summed E-state index contributed by atoms with van der Waals surface area (Å²) in [5, 5.41) is 9.60. The van der Waals surface area contributed by atoms with Crippen LogP contribution in [0.15, 0.2) is 24.3 Å². The molecule has 2 fully saturated rings. The summed E-state index contributed by atoms with van der Waals surface area (Å²) in [6.07, 6.45) is 1.94. The van der Waals surface area contributed by atoms with Crippen LogP contribution in [0.1, 0.15) is 35.2 Å². The van der Waals surface area contributed by atoms with Gasteiger partial charge in [0.1, 0.15) is 0 Å². The normalized spacial score (nSPS) is 24.8. The molecule has 124 valence electrons. The van der Waals surface area contributed by atoms with Crippen LogP contribution in [-0.4, -0.2) is 59.0 Å². The van der Waals surface area contributed by atoms with Crippen molar-refractivity contribution in [3.63, 3.8) is 0 Å². The summed E-state index contributed by atoms with van der Waals surface area (Å²) in [5.41, 5.74) is 1.81. The first kappa shape index (κ1) is 16.0. The molecule has 2 heterocycles. The molecule has 1 aromatic rings. The van der Waals surface area contributed by atoms with E-state index in [9.17, 15) is 14.7 Å². The van der Waals surface area contributed by atoms with Gasteiger partial charge in [0, 0.05) is 31.7 Å². The molecule has 2 amide bonds. The molecule has 5 heteroatoms. The summed E-state index contributed by atoms with van der Waals surface area (Å²) in [6.45, 7) is 4.25. The highest BCUT2D eigenvalue weighted by Gasteiger charge is 2.34. The van der Waals surface area contributed by atoms with Crippen LogP contribution >= 0.6 is 0 Å². The number of benzene rings is 1.